The number of ether oxygens (including phenoxy) is 1. The van der Waals surface area contributed by atoms with E-state index in [-0.39, 0.29) is 11.8 Å². The molecule has 0 aliphatic carbocycles. The lowest BCUT2D eigenvalue weighted by Crippen LogP contribution is -2.14. The molecule has 0 spiro atoms. The summed E-state index contributed by atoms with van der Waals surface area (Å²) in [6.07, 6.45) is 0. The molecule has 0 radical (unpaired) electrons. The molecule has 2 amide bonds. The summed E-state index contributed by atoms with van der Waals surface area (Å²) in [5, 5.41) is 6.71. The van der Waals surface area contributed by atoms with E-state index in [0.29, 0.717) is 50.0 Å². The maximum Gasteiger partial charge on any atom is 0.344 e. The van der Waals surface area contributed by atoms with Crippen molar-refractivity contribution in [1.82, 2.24) is 0 Å². The number of nitrogens with one attached hydrogen (secondary N) is 2. The Hall–Kier alpha value is -4.88. The minimum Gasteiger partial charge on any atom is -0.494 e. The highest BCUT2D eigenvalue weighted by molar-refractivity contribution is 6.34. The number of amides is 2. The first-order valence-electron chi connectivity index (χ1n) is 11.6. The van der Waals surface area contributed by atoms with Gasteiger partial charge in [-0.15, -0.1) is 0 Å². The lowest BCUT2D eigenvalue weighted by Gasteiger charge is -2.13. The number of hydrogen-bond acceptors (Lipinski definition) is 5. The predicted octanol–water partition coefficient (Wildman–Crippen LogP) is 6.63. The van der Waals surface area contributed by atoms with Crippen molar-refractivity contribution in [2.75, 3.05) is 17.7 Å². The van der Waals surface area contributed by atoms with Gasteiger partial charge in [-0.05, 0) is 54.1 Å². The van der Waals surface area contributed by atoms with Crippen LogP contribution in [0.5, 0.6) is 5.75 Å². The van der Waals surface area contributed by atoms with Gasteiger partial charge in [0.2, 0.25) is 0 Å². The van der Waals surface area contributed by atoms with Crippen LogP contribution in [0.3, 0.4) is 0 Å². The number of benzene rings is 4. The van der Waals surface area contributed by atoms with Crippen LogP contribution >= 0.6 is 11.6 Å². The van der Waals surface area contributed by atoms with Crippen LogP contribution in [-0.2, 0) is 0 Å². The van der Waals surface area contributed by atoms with Crippen LogP contribution in [0.4, 0.5) is 11.4 Å². The Labute approximate surface area is 222 Å². The van der Waals surface area contributed by atoms with Crippen molar-refractivity contribution in [3.63, 3.8) is 0 Å². The van der Waals surface area contributed by atoms with Gasteiger partial charge in [-0.1, -0.05) is 54.1 Å². The van der Waals surface area contributed by atoms with Gasteiger partial charge in [0.1, 0.15) is 11.3 Å². The number of anilines is 2. The molecule has 4 aromatic carbocycles. The maximum atomic E-state index is 13.0. The molecule has 38 heavy (non-hydrogen) atoms. The first-order chi connectivity index (χ1) is 18.4. The van der Waals surface area contributed by atoms with Crippen molar-refractivity contribution in [3.8, 4) is 16.9 Å². The molecule has 5 aromatic rings. The first-order valence-corrected chi connectivity index (χ1v) is 12.0. The summed E-state index contributed by atoms with van der Waals surface area (Å²) in [6.45, 7) is 0. The summed E-state index contributed by atoms with van der Waals surface area (Å²) < 4.78 is 10.9. The van der Waals surface area contributed by atoms with Gasteiger partial charge in [0.25, 0.3) is 11.8 Å². The number of carbonyl (C=O) groups is 2. The molecular formula is C30H21ClN2O5. The lowest BCUT2D eigenvalue weighted by atomic mass is 10.0. The van der Waals surface area contributed by atoms with E-state index in [1.54, 1.807) is 84.9 Å². The minimum atomic E-state index is -0.486. The number of methoxy groups -OCH3 is 1. The Kier molecular flexibility index (Phi) is 6.93. The van der Waals surface area contributed by atoms with Crippen LogP contribution in [0.1, 0.15) is 20.7 Å². The second-order valence-corrected chi connectivity index (χ2v) is 8.78. The number of para-hydroxylation sites is 1. The van der Waals surface area contributed by atoms with E-state index < -0.39 is 5.63 Å². The largest absolute Gasteiger partial charge is 0.494 e. The van der Waals surface area contributed by atoms with Crippen molar-refractivity contribution in [3.05, 3.63) is 124 Å². The number of carbonyl (C=O) groups excluding carboxylic acids is 2. The minimum absolute atomic E-state index is 0.328. The summed E-state index contributed by atoms with van der Waals surface area (Å²) in [6, 6.07) is 27.3. The molecule has 1 heterocycles. The van der Waals surface area contributed by atoms with Gasteiger partial charge in [0.15, 0.2) is 0 Å². The summed E-state index contributed by atoms with van der Waals surface area (Å²) in [4.78, 5) is 38.3. The number of fused-ring (bicyclic) bond motifs is 1. The quantitative estimate of drug-likeness (QED) is 0.243. The van der Waals surface area contributed by atoms with Crippen LogP contribution in [0.2, 0.25) is 5.02 Å². The van der Waals surface area contributed by atoms with Crippen molar-refractivity contribution in [2.45, 2.75) is 0 Å². The molecule has 0 aliphatic heterocycles. The molecule has 0 atom stereocenters. The van der Waals surface area contributed by atoms with Crippen LogP contribution in [0.25, 0.3) is 22.1 Å². The molecule has 1 aromatic heterocycles. The standard InChI is InChI=1S/C30H21ClN2O5/c1-37-27-17-21(13-14-25(27)33-29(35)22-10-3-4-11-24(22)31)32-28(34)20-9-6-8-18(15-20)23-16-19-7-2-5-12-26(19)38-30(23)36/h2-17H,1H3,(H,32,34)(H,33,35). The highest BCUT2D eigenvalue weighted by Gasteiger charge is 2.15. The number of halogens is 1. The van der Waals surface area contributed by atoms with Crippen molar-refractivity contribution in [1.29, 1.82) is 0 Å². The molecule has 0 saturated carbocycles. The van der Waals surface area contributed by atoms with Crippen molar-refractivity contribution in [2.24, 2.45) is 0 Å². The second kappa shape index (κ2) is 10.6. The molecule has 0 saturated heterocycles. The molecule has 0 unspecified atom stereocenters. The molecule has 0 bridgehead atoms. The Morgan fingerprint density at radius 1 is 0.816 bits per heavy atom. The monoisotopic (exact) mass is 524 g/mol. The third-order valence-corrected chi connectivity index (χ3v) is 6.23. The molecule has 188 valence electrons. The molecular weight excluding hydrogens is 504 g/mol. The van der Waals surface area contributed by atoms with Crippen LogP contribution in [-0.4, -0.2) is 18.9 Å². The van der Waals surface area contributed by atoms with E-state index in [2.05, 4.69) is 10.6 Å². The topological polar surface area (TPSA) is 97.6 Å². The van der Waals surface area contributed by atoms with E-state index in [4.69, 9.17) is 20.8 Å². The fourth-order valence-electron chi connectivity index (χ4n) is 4.00. The highest BCUT2D eigenvalue weighted by atomic mass is 35.5. The lowest BCUT2D eigenvalue weighted by molar-refractivity contribution is 0.101. The molecule has 7 nitrogen and oxygen atoms in total. The Bertz CT molecular complexity index is 1740. The molecule has 0 fully saturated rings. The van der Waals surface area contributed by atoms with E-state index >= 15 is 0 Å². The summed E-state index contributed by atoms with van der Waals surface area (Å²) >= 11 is 6.12. The summed E-state index contributed by atoms with van der Waals surface area (Å²) in [7, 11) is 1.46. The summed E-state index contributed by atoms with van der Waals surface area (Å²) in [5.74, 6) is -0.418. The Morgan fingerprint density at radius 2 is 1.61 bits per heavy atom. The van der Waals surface area contributed by atoms with Crippen LogP contribution in [0, 0.1) is 0 Å². The average molecular weight is 525 g/mol. The molecule has 2 N–H and O–H groups in total. The zero-order valence-corrected chi connectivity index (χ0v) is 20.9. The highest BCUT2D eigenvalue weighted by Crippen LogP contribution is 2.30. The van der Waals surface area contributed by atoms with Gasteiger partial charge in [-0.2, -0.15) is 0 Å². The van der Waals surface area contributed by atoms with Gasteiger partial charge in [-0.3, -0.25) is 9.59 Å². The van der Waals surface area contributed by atoms with Crippen molar-refractivity contribution < 1.29 is 18.7 Å². The SMILES string of the molecule is COc1cc(NC(=O)c2cccc(-c3cc4ccccc4oc3=O)c2)ccc1NC(=O)c1ccccc1Cl. The molecule has 5 rings (SSSR count). The van der Waals surface area contributed by atoms with Crippen molar-refractivity contribution >= 4 is 45.8 Å². The zero-order chi connectivity index (χ0) is 26.6. The van der Waals surface area contributed by atoms with Gasteiger partial charge in [-0.25, -0.2) is 4.79 Å². The normalized spacial score (nSPS) is 10.7. The zero-order valence-electron chi connectivity index (χ0n) is 20.2. The first kappa shape index (κ1) is 24.8. The van der Waals surface area contributed by atoms with Crippen LogP contribution < -0.4 is 21.0 Å². The third-order valence-electron chi connectivity index (χ3n) is 5.90. The number of hydrogen-bond donors (Lipinski definition) is 2. The average Bonchev–Trinajstić information content (AvgIpc) is 2.93. The second-order valence-electron chi connectivity index (χ2n) is 8.37. The Balaban J connectivity index is 1.36. The smallest absolute Gasteiger partial charge is 0.344 e. The summed E-state index contributed by atoms with van der Waals surface area (Å²) in [5.41, 5.74) is 2.49. The van der Waals surface area contributed by atoms with E-state index in [1.165, 1.54) is 7.11 Å². The fourth-order valence-corrected chi connectivity index (χ4v) is 4.22. The van der Waals surface area contributed by atoms with E-state index in [0.717, 1.165) is 5.39 Å². The van der Waals surface area contributed by atoms with Crippen LogP contribution in [0.15, 0.2) is 106 Å². The molecule has 0 aliphatic rings. The third kappa shape index (κ3) is 5.14. The van der Waals surface area contributed by atoms with Gasteiger partial charge >= 0.3 is 5.63 Å². The number of rotatable bonds is 6. The maximum absolute atomic E-state index is 13.0. The van der Waals surface area contributed by atoms with Gasteiger partial charge < -0.3 is 19.8 Å². The molecule has 8 heteroatoms. The predicted molar refractivity (Wildman–Crippen MR) is 148 cm³/mol. The fraction of sp³-hybridized carbons (Fsp3) is 0.0333. The van der Waals surface area contributed by atoms with Gasteiger partial charge in [0.05, 0.1) is 28.9 Å². The van der Waals surface area contributed by atoms with E-state index in [1.807, 2.05) is 12.1 Å². The Morgan fingerprint density at radius 3 is 2.42 bits per heavy atom. The van der Waals surface area contributed by atoms with Gasteiger partial charge in [0, 0.05) is 22.7 Å². The van der Waals surface area contributed by atoms with E-state index in [9.17, 15) is 14.4 Å².